The van der Waals surface area contributed by atoms with Gasteiger partial charge in [-0.3, -0.25) is 4.79 Å². The van der Waals surface area contributed by atoms with Gasteiger partial charge in [0.15, 0.2) is 0 Å². The molecule has 1 unspecified atom stereocenters. The number of likely N-dealkylation sites (tertiary alicyclic amines) is 1. The number of hydrogen-bond acceptors (Lipinski definition) is 3. The highest BCUT2D eigenvalue weighted by atomic mass is 32.2. The van der Waals surface area contributed by atoms with Crippen LogP contribution in [0.5, 0.6) is 0 Å². The maximum absolute atomic E-state index is 11.5. The van der Waals surface area contributed by atoms with Crippen LogP contribution in [0, 0.1) is 0 Å². The average Bonchev–Trinajstić information content (AvgIpc) is 2.76. The van der Waals surface area contributed by atoms with E-state index < -0.39 is 15.3 Å². The minimum absolute atomic E-state index is 0.0143. The van der Waals surface area contributed by atoms with Crippen LogP contribution in [-0.4, -0.2) is 36.0 Å². The third-order valence-electron chi connectivity index (χ3n) is 2.67. The Morgan fingerprint density at radius 1 is 1.56 bits per heavy atom. The Morgan fingerprint density at radius 2 is 2.31 bits per heavy atom. The van der Waals surface area contributed by atoms with Crippen molar-refractivity contribution < 1.29 is 13.2 Å². The Bertz CT molecular complexity index is 480. The molecule has 2 heterocycles. The smallest absolute Gasteiger partial charge is 0.224 e. The largest absolute Gasteiger partial charge is 0.364 e. The Labute approximate surface area is 93.5 Å². The van der Waals surface area contributed by atoms with Gasteiger partial charge in [-0.2, -0.15) is 0 Å². The van der Waals surface area contributed by atoms with E-state index in [2.05, 4.69) is 4.98 Å². The number of sulfonamides is 1. The maximum atomic E-state index is 11.5. The van der Waals surface area contributed by atoms with Gasteiger partial charge in [0, 0.05) is 24.9 Å². The van der Waals surface area contributed by atoms with Crippen molar-refractivity contribution in [1.29, 1.82) is 0 Å². The van der Waals surface area contributed by atoms with Crippen molar-refractivity contribution in [3.63, 3.8) is 0 Å². The maximum Gasteiger partial charge on any atom is 0.224 e. The van der Waals surface area contributed by atoms with E-state index in [9.17, 15) is 13.2 Å². The number of nitrogens with two attached hydrogens (primary N) is 1. The van der Waals surface area contributed by atoms with Crippen LogP contribution in [0.4, 0.5) is 0 Å². The molecule has 0 spiro atoms. The predicted octanol–water partition coefficient (Wildman–Crippen LogP) is -0.596. The Morgan fingerprint density at radius 3 is 2.81 bits per heavy atom. The molecular weight excluding hydrogens is 230 g/mol. The topological polar surface area (TPSA) is 96.3 Å². The third-order valence-corrected chi connectivity index (χ3v) is 3.91. The van der Waals surface area contributed by atoms with E-state index in [0.29, 0.717) is 6.54 Å². The zero-order chi connectivity index (χ0) is 11.8. The molecule has 0 radical (unpaired) electrons. The molecule has 0 bridgehead atoms. The molecular formula is C9H13N3O3S. The quantitative estimate of drug-likeness (QED) is 0.742. The van der Waals surface area contributed by atoms with Crippen LogP contribution in [0.2, 0.25) is 0 Å². The first kappa shape index (κ1) is 11.2. The molecule has 1 aliphatic heterocycles. The first-order valence-electron chi connectivity index (χ1n) is 4.88. The van der Waals surface area contributed by atoms with Gasteiger partial charge in [-0.1, -0.05) is 0 Å². The van der Waals surface area contributed by atoms with Gasteiger partial charge in [0.1, 0.15) is 5.25 Å². The van der Waals surface area contributed by atoms with Gasteiger partial charge in [0.25, 0.3) is 0 Å². The van der Waals surface area contributed by atoms with Gasteiger partial charge in [0.05, 0.1) is 6.54 Å². The van der Waals surface area contributed by atoms with Gasteiger partial charge in [-0.25, -0.2) is 13.6 Å². The number of amides is 1. The number of H-pyrrole nitrogens is 1. The first-order chi connectivity index (χ1) is 7.47. The van der Waals surface area contributed by atoms with Crippen LogP contribution >= 0.6 is 0 Å². The van der Waals surface area contributed by atoms with Crippen LogP contribution in [0.15, 0.2) is 18.3 Å². The summed E-state index contributed by atoms with van der Waals surface area (Å²) in [5, 5.41) is 4.26. The van der Waals surface area contributed by atoms with Gasteiger partial charge >= 0.3 is 0 Å². The van der Waals surface area contributed by atoms with Crippen molar-refractivity contribution in [3.05, 3.63) is 24.0 Å². The van der Waals surface area contributed by atoms with Crippen molar-refractivity contribution in [2.75, 3.05) is 6.54 Å². The molecule has 16 heavy (non-hydrogen) atoms. The molecule has 0 aliphatic carbocycles. The zero-order valence-electron chi connectivity index (χ0n) is 8.59. The van der Waals surface area contributed by atoms with E-state index >= 15 is 0 Å². The fourth-order valence-corrected chi connectivity index (χ4v) is 2.54. The molecule has 1 saturated heterocycles. The lowest BCUT2D eigenvalue weighted by Gasteiger charge is -2.14. The Balaban J connectivity index is 2.06. The normalized spacial score (nSPS) is 21.7. The van der Waals surface area contributed by atoms with Gasteiger partial charge in [0.2, 0.25) is 15.9 Å². The second-order valence-electron chi connectivity index (χ2n) is 3.88. The molecule has 1 fully saturated rings. The van der Waals surface area contributed by atoms with Gasteiger partial charge in [-0.15, -0.1) is 0 Å². The monoisotopic (exact) mass is 243 g/mol. The summed E-state index contributed by atoms with van der Waals surface area (Å²) in [6.45, 7) is 0.578. The summed E-state index contributed by atoms with van der Waals surface area (Å²) in [4.78, 5) is 16.0. The predicted molar refractivity (Wildman–Crippen MR) is 57.7 cm³/mol. The standard InChI is InChI=1S/C9H13N3O3S/c10-16(14,15)8-4-9(13)12(6-8)5-7-2-1-3-11-7/h1-3,8,11H,4-6H2,(H2,10,14,15). The number of nitrogens with zero attached hydrogens (tertiary/aromatic N) is 1. The molecule has 1 aromatic rings. The van der Waals surface area contributed by atoms with Crippen molar-refractivity contribution in [3.8, 4) is 0 Å². The summed E-state index contributed by atoms with van der Waals surface area (Å²) in [5.41, 5.74) is 0.878. The van der Waals surface area contributed by atoms with Crippen molar-refractivity contribution >= 4 is 15.9 Å². The fourth-order valence-electron chi connectivity index (χ4n) is 1.78. The molecule has 1 aliphatic rings. The van der Waals surface area contributed by atoms with E-state index in [1.165, 1.54) is 4.90 Å². The lowest BCUT2D eigenvalue weighted by Crippen LogP contribution is -2.31. The third kappa shape index (κ3) is 2.25. The van der Waals surface area contributed by atoms with Gasteiger partial charge in [-0.05, 0) is 12.1 Å². The molecule has 7 heteroatoms. The lowest BCUT2D eigenvalue weighted by atomic mass is 10.4. The summed E-state index contributed by atoms with van der Waals surface area (Å²) in [5.74, 6) is -0.173. The summed E-state index contributed by atoms with van der Waals surface area (Å²) in [7, 11) is -3.62. The molecule has 2 rings (SSSR count). The summed E-state index contributed by atoms with van der Waals surface area (Å²) in [6, 6.07) is 3.67. The van der Waals surface area contributed by atoms with Crippen LogP contribution in [0.25, 0.3) is 0 Å². The van der Waals surface area contributed by atoms with Crippen molar-refractivity contribution in [2.45, 2.75) is 18.2 Å². The highest BCUT2D eigenvalue weighted by molar-refractivity contribution is 7.89. The molecule has 0 aromatic carbocycles. The molecule has 3 N–H and O–H groups in total. The number of hydrogen-bond donors (Lipinski definition) is 2. The number of nitrogens with one attached hydrogen (secondary N) is 1. The van der Waals surface area contributed by atoms with Crippen LogP contribution in [0.3, 0.4) is 0 Å². The zero-order valence-corrected chi connectivity index (χ0v) is 9.40. The van der Waals surface area contributed by atoms with Crippen molar-refractivity contribution in [1.82, 2.24) is 9.88 Å². The highest BCUT2D eigenvalue weighted by Crippen LogP contribution is 2.18. The number of carbonyl (C=O) groups excluding carboxylic acids is 1. The Kier molecular flexibility index (Phi) is 2.73. The SMILES string of the molecule is NS(=O)(=O)C1CC(=O)N(Cc2ccc[nH]2)C1. The molecule has 1 amide bonds. The van der Waals surface area contributed by atoms with E-state index in [4.69, 9.17) is 5.14 Å². The number of carbonyl (C=O) groups is 1. The summed E-state index contributed by atoms with van der Waals surface area (Å²) in [6.07, 6.45) is 1.74. The molecule has 88 valence electrons. The second kappa shape index (κ2) is 3.91. The lowest BCUT2D eigenvalue weighted by molar-refractivity contribution is -0.128. The number of primary sulfonamides is 1. The van der Waals surface area contributed by atoms with E-state index in [1.54, 1.807) is 6.20 Å². The van der Waals surface area contributed by atoms with E-state index in [0.717, 1.165) is 5.69 Å². The molecule has 1 atom stereocenters. The van der Waals surface area contributed by atoms with Gasteiger partial charge < -0.3 is 9.88 Å². The molecule has 1 aromatic heterocycles. The van der Waals surface area contributed by atoms with Crippen LogP contribution < -0.4 is 5.14 Å². The average molecular weight is 243 g/mol. The summed E-state index contributed by atoms with van der Waals surface area (Å²) >= 11 is 0. The highest BCUT2D eigenvalue weighted by Gasteiger charge is 2.36. The second-order valence-corrected chi connectivity index (χ2v) is 5.73. The number of aromatic nitrogens is 1. The first-order valence-corrected chi connectivity index (χ1v) is 6.49. The van der Waals surface area contributed by atoms with E-state index in [-0.39, 0.29) is 18.9 Å². The minimum Gasteiger partial charge on any atom is -0.364 e. The molecule has 0 saturated carbocycles. The molecule has 6 nitrogen and oxygen atoms in total. The van der Waals surface area contributed by atoms with Crippen molar-refractivity contribution in [2.24, 2.45) is 5.14 Å². The van der Waals surface area contributed by atoms with Crippen LogP contribution in [-0.2, 0) is 21.4 Å². The Hall–Kier alpha value is -1.34. The number of rotatable bonds is 3. The van der Waals surface area contributed by atoms with E-state index in [1.807, 2.05) is 12.1 Å². The minimum atomic E-state index is -3.62. The van der Waals surface area contributed by atoms with Crippen LogP contribution in [0.1, 0.15) is 12.1 Å². The number of aromatic amines is 1. The fraction of sp³-hybridized carbons (Fsp3) is 0.444. The summed E-state index contributed by atoms with van der Waals surface area (Å²) < 4.78 is 22.2.